The topological polar surface area (TPSA) is 102 Å². The number of primary amides is 1. The number of carbonyl (C=O) groups excluding carboxylic acids is 2. The number of hydrogen-bond acceptors (Lipinski definition) is 4. The Balaban J connectivity index is 2.47. The van der Waals surface area contributed by atoms with E-state index in [4.69, 9.17) is 10.5 Å². The van der Waals surface area contributed by atoms with Crippen LogP contribution in [0, 0.1) is 0 Å². The smallest absolute Gasteiger partial charge is 0.318 e. The van der Waals surface area contributed by atoms with Gasteiger partial charge in [0.1, 0.15) is 0 Å². The van der Waals surface area contributed by atoms with E-state index in [-0.39, 0.29) is 18.1 Å². The van der Waals surface area contributed by atoms with E-state index >= 15 is 0 Å². The van der Waals surface area contributed by atoms with Crippen LogP contribution in [0.3, 0.4) is 0 Å². The van der Waals surface area contributed by atoms with Crippen LogP contribution in [-0.2, 0) is 4.79 Å². The monoisotopic (exact) mass is 210 g/mol. The second-order valence-electron chi connectivity index (χ2n) is 2.67. The maximum atomic E-state index is 10.9. The minimum atomic E-state index is -0.944. The summed E-state index contributed by atoms with van der Waals surface area (Å²) in [5.41, 5.74) is 4.72. The largest absolute Gasteiger partial charge is 0.504 e. The number of phenolic OH excluding ortho intramolecular Hbond substituents is 1. The summed E-state index contributed by atoms with van der Waals surface area (Å²) in [4.78, 5) is 21.2. The molecule has 0 fully saturated rings. The van der Waals surface area contributed by atoms with E-state index in [0.717, 1.165) is 0 Å². The molecule has 1 rings (SSSR count). The normalized spacial score (nSPS) is 9.33. The minimum Gasteiger partial charge on any atom is -0.504 e. The van der Waals surface area contributed by atoms with Crippen LogP contribution in [0.15, 0.2) is 24.3 Å². The van der Waals surface area contributed by atoms with Crippen LogP contribution in [-0.4, -0.2) is 23.7 Å². The zero-order valence-corrected chi connectivity index (χ0v) is 7.77. The molecule has 0 radical (unpaired) electrons. The standard InChI is InChI=1S/C9H10N2O4/c10-9(14)11-8(13)5-15-7-4-2-1-3-6(7)12/h1-4,12H,5H2,(H3,10,11,13,14). The van der Waals surface area contributed by atoms with Crippen molar-refractivity contribution in [1.82, 2.24) is 5.32 Å². The molecule has 4 N–H and O–H groups in total. The van der Waals surface area contributed by atoms with Crippen LogP contribution in [0.2, 0.25) is 0 Å². The van der Waals surface area contributed by atoms with Crippen molar-refractivity contribution in [2.24, 2.45) is 5.73 Å². The molecule has 15 heavy (non-hydrogen) atoms. The Kier molecular flexibility index (Phi) is 3.50. The molecule has 0 saturated carbocycles. The molecule has 0 atom stereocenters. The Bertz CT molecular complexity index is 378. The summed E-state index contributed by atoms with van der Waals surface area (Å²) in [7, 11) is 0. The third-order valence-electron chi connectivity index (χ3n) is 1.49. The van der Waals surface area contributed by atoms with E-state index in [2.05, 4.69) is 0 Å². The van der Waals surface area contributed by atoms with Gasteiger partial charge in [0, 0.05) is 0 Å². The Morgan fingerprint density at radius 1 is 1.40 bits per heavy atom. The first-order valence-corrected chi connectivity index (χ1v) is 4.09. The highest BCUT2D eigenvalue weighted by Crippen LogP contribution is 2.23. The Labute approximate surface area is 85.6 Å². The van der Waals surface area contributed by atoms with Crippen molar-refractivity contribution in [2.45, 2.75) is 0 Å². The maximum absolute atomic E-state index is 10.9. The number of nitrogens with two attached hydrogens (primary N) is 1. The molecule has 0 heterocycles. The lowest BCUT2D eigenvalue weighted by Gasteiger charge is -2.06. The van der Waals surface area contributed by atoms with Crippen molar-refractivity contribution in [3.63, 3.8) is 0 Å². The van der Waals surface area contributed by atoms with E-state index in [9.17, 15) is 14.7 Å². The zero-order chi connectivity index (χ0) is 11.3. The van der Waals surface area contributed by atoms with Gasteiger partial charge in [0.05, 0.1) is 0 Å². The molecule has 0 aliphatic heterocycles. The van der Waals surface area contributed by atoms with Gasteiger partial charge in [-0.1, -0.05) is 12.1 Å². The highest BCUT2D eigenvalue weighted by Gasteiger charge is 2.06. The molecule has 0 aromatic heterocycles. The van der Waals surface area contributed by atoms with Gasteiger partial charge < -0.3 is 15.6 Å². The molecule has 0 aliphatic rings. The fourth-order valence-corrected chi connectivity index (χ4v) is 0.896. The predicted octanol–water partition coefficient (Wildman–Crippen LogP) is -0.0341. The number of nitrogens with one attached hydrogen (secondary N) is 1. The number of carbonyl (C=O) groups is 2. The Morgan fingerprint density at radius 2 is 2.07 bits per heavy atom. The van der Waals surface area contributed by atoms with E-state index in [1.807, 2.05) is 5.32 Å². The van der Waals surface area contributed by atoms with E-state index in [1.54, 1.807) is 12.1 Å². The number of urea groups is 1. The summed E-state index contributed by atoms with van der Waals surface area (Å²) in [5, 5.41) is 11.1. The first kappa shape index (κ1) is 10.8. The number of rotatable bonds is 3. The van der Waals surface area contributed by atoms with Crippen LogP contribution in [0.5, 0.6) is 11.5 Å². The molecule has 0 aliphatic carbocycles. The lowest BCUT2D eigenvalue weighted by atomic mass is 10.3. The number of ether oxygens (including phenoxy) is 1. The number of phenols is 1. The minimum absolute atomic E-state index is 0.0793. The van der Waals surface area contributed by atoms with E-state index in [0.29, 0.717) is 0 Å². The van der Waals surface area contributed by atoms with Gasteiger partial charge in [-0.05, 0) is 12.1 Å². The summed E-state index contributed by atoms with van der Waals surface area (Å²) in [6.45, 7) is -0.388. The van der Waals surface area contributed by atoms with Crippen LogP contribution in [0.1, 0.15) is 0 Å². The van der Waals surface area contributed by atoms with Gasteiger partial charge in [-0.3, -0.25) is 10.1 Å². The van der Waals surface area contributed by atoms with E-state index in [1.165, 1.54) is 12.1 Å². The summed E-state index contributed by atoms with van der Waals surface area (Å²) in [6, 6.07) is 5.22. The molecule has 0 spiro atoms. The fraction of sp³-hybridized carbons (Fsp3) is 0.111. The van der Waals surface area contributed by atoms with Gasteiger partial charge in [-0.25, -0.2) is 4.79 Å². The molecular weight excluding hydrogens is 200 g/mol. The summed E-state index contributed by atoms with van der Waals surface area (Å²) in [5.74, 6) is -0.591. The number of para-hydroxylation sites is 2. The van der Waals surface area contributed by atoms with Gasteiger partial charge in [-0.15, -0.1) is 0 Å². The lowest BCUT2D eigenvalue weighted by Crippen LogP contribution is -2.38. The van der Waals surface area contributed by atoms with Crippen molar-refractivity contribution in [1.29, 1.82) is 0 Å². The van der Waals surface area contributed by atoms with Gasteiger partial charge >= 0.3 is 6.03 Å². The van der Waals surface area contributed by atoms with Crippen molar-refractivity contribution < 1.29 is 19.4 Å². The van der Waals surface area contributed by atoms with Crippen molar-refractivity contribution >= 4 is 11.9 Å². The summed E-state index contributed by atoms with van der Waals surface area (Å²) >= 11 is 0. The molecule has 6 nitrogen and oxygen atoms in total. The lowest BCUT2D eigenvalue weighted by molar-refractivity contribution is -0.121. The molecule has 0 bridgehead atoms. The predicted molar refractivity (Wildman–Crippen MR) is 51.3 cm³/mol. The zero-order valence-electron chi connectivity index (χ0n) is 7.77. The van der Waals surface area contributed by atoms with Crippen LogP contribution >= 0.6 is 0 Å². The highest BCUT2D eigenvalue weighted by molar-refractivity contribution is 5.94. The van der Waals surface area contributed by atoms with Gasteiger partial charge in [0.2, 0.25) is 0 Å². The third-order valence-corrected chi connectivity index (χ3v) is 1.49. The quantitative estimate of drug-likeness (QED) is 0.651. The first-order valence-electron chi connectivity index (χ1n) is 4.09. The molecule has 80 valence electrons. The Hall–Kier alpha value is -2.24. The maximum Gasteiger partial charge on any atom is 0.318 e. The molecular formula is C9H10N2O4. The molecule has 1 aromatic rings. The summed E-state index contributed by atoms with van der Waals surface area (Å²) in [6.07, 6.45) is 0. The number of amides is 3. The summed E-state index contributed by atoms with van der Waals surface area (Å²) < 4.78 is 4.93. The number of aromatic hydroxyl groups is 1. The molecule has 0 saturated heterocycles. The van der Waals surface area contributed by atoms with Crippen LogP contribution in [0.4, 0.5) is 4.79 Å². The second kappa shape index (κ2) is 4.85. The number of hydrogen-bond donors (Lipinski definition) is 3. The molecule has 1 aromatic carbocycles. The molecule has 0 unspecified atom stereocenters. The first-order chi connectivity index (χ1) is 7.09. The average Bonchev–Trinajstić information content (AvgIpc) is 2.15. The molecule has 3 amide bonds. The second-order valence-corrected chi connectivity index (χ2v) is 2.67. The van der Waals surface area contributed by atoms with Crippen LogP contribution < -0.4 is 15.8 Å². The molecule has 6 heteroatoms. The Morgan fingerprint density at radius 3 is 2.67 bits per heavy atom. The van der Waals surface area contributed by atoms with Gasteiger partial charge in [-0.2, -0.15) is 0 Å². The van der Waals surface area contributed by atoms with Crippen molar-refractivity contribution in [2.75, 3.05) is 6.61 Å². The van der Waals surface area contributed by atoms with E-state index < -0.39 is 11.9 Å². The SMILES string of the molecule is NC(=O)NC(=O)COc1ccccc1O. The fourth-order valence-electron chi connectivity index (χ4n) is 0.896. The number of benzene rings is 1. The highest BCUT2D eigenvalue weighted by atomic mass is 16.5. The van der Waals surface area contributed by atoms with Gasteiger partial charge in [0.15, 0.2) is 18.1 Å². The third kappa shape index (κ3) is 3.55. The average molecular weight is 210 g/mol. The van der Waals surface area contributed by atoms with Crippen LogP contribution in [0.25, 0.3) is 0 Å². The number of imide groups is 1. The van der Waals surface area contributed by atoms with Crippen molar-refractivity contribution in [3.05, 3.63) is 24.3 Å². The van der Waals surface area contributed by atoms with Crippen molar-refractivity contribution in [3.8, 4) is 11.5 Å². The van der Waals surface area contributed by atoms with Gasteiger partial charge in [0.25, 0.3) is 5.91 Å².